The number of methoxy groups -OCH3 is 1. The molecule has 0 amide bonds. The molecular weight excluding hydrogens is 216 g/mol. The molecule has 0 saturated heterocycles. The van der Waals surface area contributed by atoms with E-state index in [9.17, 15) is 4.91 Å². The van der Waals surface area contributed by atoms with Crippen molar-refractivity contribution in [3.05, 3.63) is 53.4 Å². The number of nitroso groups, excluding NO2 is 1. The summed E-state index contributed by atoms with van der Waals surface area (Å²) in [5.74, 6) is 0.716. The molecule has 0 aliphatic carbocycles. The summed E-state index contributed by atoms with van der Waals surface area (Å²) in [6, 6.07) is 14.6. The standard InChI is InChI=1S/C13H12N2O2/c1-17-13-9-5-4-8-12(13)14-10-6-2-3-7-11(10)15-16/h2-9,14H,1H3. The summed E-state index contributed by atoms with van der Waals surface area (Å²) in [5, 5.41) is 6.09. The van der Waals surface area contributed by atoms with Crippen LogP contribution in [0.1, 0.15) is 0 Å². The lowest BCUT2D eigenvalue weighted by molar-refractivity contribution is 0.417. The molecule has 4 nitrogen and oxygen atoms in total. The van der Waals surface area contributed by atoms with Gasteiger partial charge in [0.2, 0.25) is 0 Å². The maximum Gasteiger partial charge on any atom is 0.142 e. The Morgan fingerprint density at radius 1 is 1.00 bits per heavy atom. The maximum atomic E-state index is 10.7. The molecule has 17 heavy (non-hydrogen) atoms. The zero-order chi connectivity index (χ0) is 12.1. The van der Waals surface area contributed by atoms with Crippen LogP contribution in [0.15, 0.2) is 53.7 Å². The first kappa shape index (κ1) is 11.1. The van der Waals surface area contributed by atoms with Crippen molar-refractivity contribution in [1.29, 1.82) is 0 Å². The number of hydrogen-bond acceptors (Lipinski definition) is 4. The number of anilines is 2. The highest BCUT2D eigenvalue weighted by atomic mass is 16.5. The molecule has 86 valence electrons. The first-order chi connectivity index (χ1) is 8.35. The van der Waals surface area contributed by atoms with E-state index in [-0.39, 0.29) is 0 Å². The Morgan fingerprint density at radius 2 is 1.65 bits per heavy atom. The van der Waals surface area contributed by atoms with E-state index in [4.69, 9.17) is 4.74 Å². The molecule has 2 aromatic rings. The lowest BCUT2D eigenvalue weighted by Gasteiger charge is -2.11. The SMILES string of the molecule is COc1ccccc1Nc1ccccc1N=O. The van der Waals surface area contributed by atoms with Crippen LogP contribution in [0.2, 0.25) is 0 Å². The molecule has 0 radical (unpaired) electrons. The first-order valence-electron chi connectivity index (χ1n) is 5.17. The highest BCUT2D eigenvalue weighted by Gasteiger charge is 2.05. The van der Waals surface area contributed by atoms with E-state index in [1.54, 1.807) is 25.3 Å². The average molecular weight is 228 g/mol. The molecule has 0 aliphatic heterocycles. The second-order valence-electron chi connectivity index (χ2n) is 3.43. The number of para-hydroxylation sites is 3. The molecule has 2 rings (SSSR count). The smallest absolute Gasteiger partial charge is 0.142 e. The van der Waals surface area contributed by atoms with Crippen molar-refractivity contribution in [2.24, 2.45) is 5.18 Å². The van der Waals surface area contributed by atoms with E-state index in [1.807, 2.05) is 30.3 Å². The third-order valence-electron chi connectivity index (χ3n) is 2.38. The molecule has 0 fully saturated rings. The molecule has 0 unspecified atom stereocenters. The third-order valence-corrected chi connectivity index (χ3v) is 2.38. The second kappa shape index (κ2) is 5.12. The second-order valence-corrected chi connectivity index (χ2v) is 3.43. The Morgan fingerprint density at radius 3 is 2.35 bits per heavy atom. The first-order valence-corrected chi connectivity index (χ1v) is 5.17. The zero-order valence-corrected chi connectivity index (χ0v) is 9.38. The highest BCUT2D eigenvalue weighted by Crippen LogP contribution is 2.31. The number of benzene rings is 2. The minimum atomic E-state index is 0.374. The maximum absolute atomic E-state index is 10.7. The van der Waals surface area contributed by atoms with Gasteiger partial charge in [0.05, 0.1) is 18.5 Å². The number of nitrogens with one attached hydrogen (secondary N) is 1. The Hall–Kier alpha value is -2.36. The van der Waals surface area contributed by atoms with E-state index >= 15 is 0 Å². The van der Waals surface area contributed by atoms with Crippen LogP contribution in [-0.2, 0) is 0 Å². The fraction of sp³-hybridized carbons (Fsp3) is 0.0769. The summed E-state index contributed by atoms with van der Waals surface area (Å²) < 4.78 is 5.22. The Kier molecular flexibility index (Phi) is 3.35. The Bertz CT molecular complexity index is 526. The molecule has 0 heterocycles. The fourth-order valence-electron chi connectivity index (χ4n) is 1.55. The van der Waals surface area contributed by atoms with Gasteiger partial charge in [0.15, 0.2) is 0 Å². The molecule has 2 aromatic carbocycles. The minimum Gasteiger partial charge on any atom is -0.495 e. The Labute approximate surface area is 99.2 Å². The third kappa shape index (κ3) is 2.42. The predicted octanol–water partition coefficient (Wildman–Crippen LogP) is 3.84. The number of rotatable bonds is 4. The fourth-order valence-corrected chi connectivity index (χ4v) is 1.55. The summed E-state index contributed by atoms with van der Waals surface area (Å²) in [7, 11) is 1.60. The summed E-state index contributed by atoms with van der Waals surface area (Å²) in [6.45, 7) is 0. The summed E-state index contributed by atoms with van der Waals surface area (Å²) in [4.78, 5) is 10.7. The summed E-state index contributed by atoms with van der Waals surface area (Å²) in [5.41, 5.74) is 1.83. The van der Waals surface area contributed by atoms with Crippen molar-refractivity contribution in [2.45, 2.75) is 0 Å². The quantitative estimate of drug-likeness (QED) is 0.809. The number of nitrogens with zero attached hydrogens (tertiary/aromatic N) is 1. The van der Waals surface area contributed by atoms with Crippen LogP contribution in [0.5, 0.6) is 5.75 Å². The monoisotopic (exact) mass is 228 g/mol. The highest BCUT2D eigenvalue weighted by molar-refractivity contribution is 5.74. The van der Waals surface area contributed by atoms with Crippen molar-refractivity contribution < 1.29 is 4.74 Å². The van der Waals surface area contributed by atoms with Gasteiger partial charge < -0.3 is 10.1 Å². The van der Waals surface area contributed by atoms with Gasteiger partial charge in [-0.3, -0.25) is 0 Å². The van der Waals surface area contributed by atoms with Gasteiger partial charge in [-0.25, -0.2) is 0 Å². The van der Waals surface area contributed by atoms with Crippen LogP contribution >= 0.6 is 0 Å². The van der Waals surface area contributed by atoms with Gasteiger partial charge in [-0.05, 0) is 29.4 Å². The van der Waals surface area contributed by atoms with Crippen molar-refractivity contribution in [1.82, 2.24) is 0 Å². The number of ether oxygens (including phenoxy) is 1. The summed E-state index contributed by atoms with van der Waals surface area (Å²) in [6.07, 6.45) is 0. The van der Waals surface area contributed by atoms with Crippen LogP contribution in [0.25, 0.3) is 0 Å². The van der Waals surface area contributed by atoms with E-state index in [0.717, 1.165) is 5.69 Å². The molecule has 0 aliphatic rings. The van der Waals surface area contributed by atoms with E-state index in [0.29, 0.717) is 17.1 Å². The van der Waals surface area contributed by atoms with Crippen LogP contribution in [0.3, 0.4) is 0 Å². The lowest BCUT2D eigenvalue weighted by atomic mass is 10.2. The topological polar surface area (TPSA) is 50.7 Å². The van der Waals surface area contributed by atoms with E-state index in [2.05, 4.69) is 10.5 Å². The van der Waals surface area contributed by atoms with E-state index < -0.39 is 0 Å². The van der Waals surface area contributed by atoms with Gasteiger partial charge >= 0.3 is 0 Å². The van der Waals surface area contributed by atoms with Crippen LogP contribution in [-0.4, -0.2) is 7.11 Å². The molecule has 0 atom stereocenters. The van der Waals surface area contributed by atoms with Gasteiger partial charge in [-0.15, -0.1) is 4.91 Å². The van der Waals surface area contributed by atoms with Crippen molar-refractivity contribution in [3.63, 3.8) is 0 Å². The van der Waals surface area contributed by atoms with Crippen LogP contribution in [0, 0.1) is 4.91 Å². The summed E-state index contributed by atoms with van der Waals surface area (Å²) >= 11 is 0. The molecular formula is C13H12N2O2. The molecule has 0 aromatic heterocycles. The van der Waals surface area contributed by atoms with Gasteiger partial charge in [0.1, 0.15) is 11.4 Å². The molecule has 4 heteroatoms. The largest absolute Gasteiger partial charge is 0.495 e. The van der Waals surface area contributed by atoms with Crippen LogP contribution < -0.4 is 10.1 Å². The lowest BCUT2D eigenvalue weighted by Crippen LogP contribution is -1.94. The van der Waals surface area contributed by atoms with Crippen LogP contribution in [0.4, 0.5) is 17.1 Å². The van der Waals surface area contributed by atoms with Gasteiger partial charge in [0.25, 0.3) is 0 Å². The molecule has 0 saturated carbocycles. The predicted molar refractivity (Wildman–Crippen MR) is 68.2 cm³/mol. The van der Waals surface area contributed by atoms with Gasteiger partial charge in [-0.1, -0.05) is 24.3 Å². The zero-order valence-electron chi connectivity index (χ0n) is 9.38. The van der Waals surface area contributed by atoms with E-state index in [1.165, 1.54) is 0 Å². The molecule has 0 spiro atoms. The average Bonchev–Trinajstić information content (AvgIpc) is 2.40. The van der Waals surface area contributed by atoms with Crippen molar-refractivity contribution in [3.8, 4) is 5.75 Å². The minimum absolute atomic E-state index is 0.374. The van der Waals surface area contributed by atoms with Gasteiger partial charge in [-0.2, -0.15) is 0 Å². The molecule has 0 bridgehead atoms. The number of hydrogen-bond donors (Lipinski definition) is 1. The van der Waals surface area contributed by atoms with Crippen molar-refractivity contribution in [2.75, 3.05) is 12.4 Å². The molecule has 1 N–H and O–H groups in total. The van der Waals surface area contributed by atoms with Crippen molar-refractivity contribution >= 4 is 17.1 Å². The van der Waals surface area contributed by atoms with Gasteiger partial charge in [0, 0.05) is 0 Å². The Balaban J connectivity index is 2.34. The normalized spacial score (nSPS) is 9.71.